The molecule has 0 fully saturated rings. The number of carbonyl (C=O) groups is 1. The maximum absolute atomic E-state index is 11.8. The number of hydrogen-bond acceptors (Lipinski definition) is 5. The smallest absolute Gasteiger partial charge is 0.355 e. The first-order chi connectivity index (χ1) is 8.89. The van der Waals surface area contributed by atoms with Gasteiger partial charge in [-0.1, -0.05) is 13.8 Å². The van der Waals surface area contributed by atoms with E-state index in [1.807, 2.05) is 6.92 Å². The van der Waals surface area contributed by atoms with E-state index >= 15 is 0 Å². The number of anilines is 1. The Morgan fingerprint density at radius 1 is 1.42 bits per heavy atom. The highest BCUT2D eigenvalue weighted by atomic mass is 32.2. The first-order valence-electron chi connectivity index (χ1n) is 6.22. The average molecular weight is 288 g/mol. The quantitative estimate of drug-likeness (QED) is 0.758. The fraction of sp³-hybridized carbons (Fsp3) is 0.583. The molecular weight excluding hydrogens is 268 g/mol. The first kappa shape index (κ1) is 15.6. The first-order valence-corrected chi connectivity index (χ1v) is 8.05. The lowest BCUT2D eigenvalue weighted by atomic mass is 10.4. The number of nitrogen functional groups attached to an aromatic ring is 1. The molecule has 1 rings (SSSR count). The standard InChI is InChI=1S/C12H20N2O4S/c1-3-5-14-9-10(13)8-11(14)12(15)18-6-7-19(16,17)4-2/h8-9H,3-7,13H2,1-2H3. The number of rotatable bonds is 7. The van der Waals surface area contributed by atoms with Gasteiger partial charge in [0.15, 0.2) is 9.84 Å². The molecule has 0 aromatic carbocycles. The van der Waals surface area contributed by atoms with E-state index in [2.05, 4.69) is 0 Å². The molecule has 0 aliphatic carbocycles. The minimum atomic E-state index is -3.12. The third-order valence-corrected chi connectivity index (χ3v) is 4.33. The van der Waals surface area contributed by atoms with Gasteiger partial charge in [0, 0.05) is 18.5 Å². The van der Waals surface area contributed by atoms with Crippen molar-refractivity contribution >= 4 is 21.5 Å². The molecule has 0 aliphatic rings. The van der Waals surface area contributed by atoms with E-state index in [9.17, 15) is 13.2 Å². The van der Waals surface area contributed by atoms with Crippen molar-refractivity contribution in [2.45, 2.75) is 26.8 Å². The van der Waals surface area contributed by atoms with Crippen molar-refractivity contribution in [3.8, 4) is 0 Å². The van der Waals surface area contributed by atoms with E-state index in [0.717, 1.165) is 6.42 Å². The Kier molecular flexibility index (Phi) is 5.41. The Labute approximate surface area is 113 Å². The average Bonchev–Trinajstić information content (AvgIpc) is 2.70. The predicted molar refractivity (Wildman–Crippen MR) is 73.7 cm³/mol. The molecule has 2 N–H and O–H groups in total. The fourth-order valence-corrected chi connectivity index (χ4v) is 2.24. The van der Waals surface area contributed by atoms with Gasteiger partial charge in [-0.2, -0.15) is 0 Å². The minimum absolute atomic E-state index is 0.0453. The molecule has 1 aromatic rings. The molecule has 0 amide bonds. The van der Waals surface area contributed by atoms with E-state index in [-0.39, 0.29) is 18.1 Å². The second kappa shape index (κ2) is 6.60. The number of sulfone groups is 1. The fourth-order valence-electron chi connectivity index (χ4n) is 1.61. The summed E-state index contributed by atoms with van der Waals surface area (Å²) < 4.78 is 29.2. The number of nitrogens with two attached hydrogens (primary N) is 1. The summed E-state index contributed by atoms with van der Waals surface area (Å²) in [5.41, 5.74) is 6.48. The Hall–Kier alpha value is -1.50. The molecule has 0 saturated carbocycles. The molecule has 0 unspecified atom stereocenters. The van der Waals surface area contributed by atoms with E-state index < -0.39 is 15.8 Å². The van der Waals surface area contributed by atoms with Crippen LogP contribution in [0.3, 0.4) is 0 Å². The van der Waals surface area contributed by atoms with Crippen LogP contribution >= 0.6 is 0 Å². The van der Waals surface area contributed by atoms with Crippen molar-refractivity contribution in [3.05, 3.63) is 18.0 Å². The second-order valence-corrected chi connectivity index (χ2v) is 6.70. The highest BCUT2D eigenvalue weighted by molar-refractivity contribution is 7.91. The molecule has 6 nitrogen and oxygen atoms in total. The highest BCUT2D eigenvalue weighted by Gasteiger charge is 2.15. The highest BCUT2D eigenvalue weighted by Crippen LogP contribution is 2.12. The van der Waals surface area contributed by atoms with Gasteiger partial charge in [0.05, 0.1) is 11.4 Å². The third kappa shape index (κ3) is 4.59. The van der Waals surface area contributed by atoms with Gasteiger partial charge in [-0.25, -0.2) is 13.2 Å². The molecule has 0 atom stereocenters. The van der Waals surface area contributed by atoms with Crippen LogP contribution in [0.4, 0.5) is 5.69 Å². The molecule has 0 radical (unpaired) electrons. The van der Waals surface area contributed by atoms with Crippen molar-refractivity contribution in [1.82, 2.24) is 4.57 Å². The van der Waals surface area contributed by atoms with E-state index in [4.69, 9.17) is 10.5 Å². The Morgan fingerprint density at radius 3 is 2.68 bits per heavy atom. The molecule has 0 spiro atoms. The van der Waals surface area contributed by atoms with Gasteiger partial charge >= 0.3 is 5.97 Å². The van der Waals surface area contributed by atoms with Gasteiger partial charge in [0.2, 0.25) is 0 Å². The Balaban J connectivity index is 2.63. The Bertz CT molecular complexity index is 534. The Morgan fingerprint density at radius 2 is 2.11 bits per heavy atom. The summed E-state index contributed by atoms with van der Waals surface area (Å²) in [6.45, 7) is 4.07. The lowest BCUT2D eigenvalue weighted by Gasteiger charge is -2.08. The van der Waals surface area contributed by atoms with Crippen LogP contribution in [0.25, 0.3) is 0 Å². The molecule has 0 bridgehead atoms. The molecule has 0 saturated heterocycles. The van der Waals surface area contributed by atoms with Crippen LogP contribution in [0, 0.1) is 0 Å². The van der Waals surface area contributed by atoms with Crippen LogP contribution in [0.5, 0.6) is 0 Å². The van der Waals surface area contributed by atoms with Crippen molar-refractivity contribution in [2.24, 2.45) is 0 Å². The van der Waals surface area contributed by atoms with Crippen molar-refractivity contribution in [2.75, 3.05) is 23.8 Å². The molecule has 7 heteroatoms. The molecular formula is C12H20N2O4S. The SMILES string of the molecule is CCCn1cc(N)cc1C(=O)OCCS(=O)(=O)CC. The van der Waals surface area contributed by atoms with E-state index in [0.29, 0.717) is 17.9 Å². The predicted octanol–water partition coefficient (Wildman–Crippen LogP) is 1.07. The van der Waals surface area contributed by atoms with Gasteiger partial charge in [0.25, 0.3) is 0 Å². The van der Waals surface area contributed by atoms with Crippen LogP contribution in [0.15, 0.2) is 12.3 Å². The monoisotopic (exact) mass is 288 g/mol. The van der Waals surface area contributed by atoms with Gasteiger partial charge in [-0.05, 0) is 12.5 Å². The van der Waals surface area contributed by atoms with Crippen LogP contribution in [0.1, 0.15) is 30.8 Å². The normalized spacial score (nSPS) is 11.5. The summed E-state index contributed by atoms with van der Waals surface area (Å²) >= 11 is 0. The van der Waals surface area contributed by atoms with Gasteiger partial charge < -0.3 is 15.0 Å². The van der Waals surface area contributed by atoms with Gasteiger partial charge in [0.1, 0.15) is 12.3 Å². The number of esters is 1. The lowest BCUT2D eigenvalue weighted by molar-refractivity contribution is 0.0516. The number of aromatic nitrogens is 1. The summed E-state index contributed by atoms with van der Waals surface area (Å²) in [6.07, 6.45) is 2.53. The van der Waals surface area contributed by atoms with Crippen LogP contribution in [0.2, 0.25) is 0 Å². The van der Waals surface area contributed by atoms with Crippen molar-refractivity contribution in [3.63, 3.8) is 0 Å². The molecule has 1 aromatic heterocycles. The van der Waals surface area contributed by atoms with Crippen molar-refractivity contribution in [1.29, 1.82) is 0 Å². The second-order valence-electron chi connectivity index (χ2n) is 4.22. The van der Waals surface area contributed by atoms with Crippen molar-refractivity contribution < 1.29 is 17.9 Å². The number of hydrogen-bond donors (Lipinski definition) is 1. The summed E-state index contributed by atoms with van der Waals surface area (Å²) in [5, 5.41) is 0. The number of carbonyl (C=O) groups excluding carboxylic acids is 1. The summed E-state index contributed by atoms with van der Waals surface area (Å²) in [6, 6.07) is 1.53. The van der Waals surface area contributed by atoms with E-state index in [1.165, 1.54) is 6.07 Å². The summed E-state index contributed by atoms with van der Waals surface area (Å²) in [5.74, 6) is -0.653. The summed E-state index contributed by atoms with van der Waals surface area (Å²) in [4.78, 5) is 11.8. The van der Waals surface area contributed by atoms with Crippen LogP contribution in [-0.4, -0.2) is 37.1 Å². The maximum atomic E-state index is 11.8. The number of aryl methyl sites for hydroxylation is 1. The molecule has 19 heavy (non-hydrogen) atoms. The maximum Gasteiger partial charge on any atom is 0.355 e. The number of ether oxygens (including phenoxy) is 1. The van der Waals surface area contributed by atoms with Crippen LogP contribution in [-0.2, 0) is 21.1 Å². The summed E-state index contributed by atoms with van der Waals surface area (Å²) in [7, 11) is -3.12. The largest absolute Gasteiger partial charge is 0.460 e. The van der Waals surface area contributed by atoms with Gasteiger partial charge in [-0.15, -0.1) is 0 Å². The number of nitrogens with zero attached hydrogens (tertiary/aromatic N) is 1. The molecule has 108 valence electrons. The van der Waals surface area contributed by atoms with E-state index in [1.54, 1.807) is 17.7 Å². The zero-order valence-electron chi connectivity index (χ0n) is 11.3. The zero-order valence-corrected chi connectivity index (χ0v) is 12.1. The molecule has 1 heterocycles. The topological polar surface area (TPSA) is 91.4 Å². The minimum Gasteiger partial charge on any atom is -0.460 e. The lowest BCUT2D eigenvalue weighted by Crippen LogP contribution is -2.18. The third-order valence-electron chi connectivity index (χ3n) is 2.66. The molecule has 0 aliphatic heterocycles. The zero-order chi connectivity index (χ0) is 14.5. The van der Waals surface area contributed by atoms with Gasteiger partial charge in [-0.3, -0.25) is 0 Å². The van der Waals surface area contributed by atoms with Crippen LogP contribution < -0.4 is 5.73 Å².